The van der Waals surface area contributed by atoms with Crippen LogP contribution in [0.4, 0.5) is 9.18 Å². The summed E-state index contributed by atoms with van der Waals surface area (Å²) in [6.07, 6.45) is 2.27. The lowest BCUT2D eigenvalue weighted by Crippen LogP contribution is -2.42. The second-order valence-electron chi connectivity index (χ2n) is 7.34. The van der Waals surface area contributed by atoms with Crippen LogP contribution in [0.15, 0.2) is 23.1 Å². The molecule has 2 N–H and O–H groups in total. The van der Waals surface area contributed by atoms with Crippen molar-refractivity contribution in [2.75, 3.05) is 26.2 Å². The summed E-state index contributed by atoms with van der Waals surface area (Å²) in [5.41, 5.74) is -0.218. The minimum absolute atomic E-state index is 0.192. The largest absolute Gasteiger partial charge is 0.452 e. The minimum atomic E-state index is -4.09. The summed E-state index contributed by atoms with van der Waals surface area (Å²) in [4.78, 5) is 34.8. The number of hydrogen-bond donors (Lipinski definition) is 2. The molecule has 1 fully saturated rings. The van der Waals surface area contributed by atoms with Gasteiger partial charge in [0.15, 0.2) is 6.61 Å². The summed E-state index contributed by atoms with van der Waals surface area (Å²) in [6, 6.07) is 2.11. The summed E-state index contributed by atoms with van der Waals surface area (Å²) in [5, 5.41) is 4.47. The second-order valence-corrected chi connectivity index (χ2v) is 9.24. The van der Waals surface area contributed by atoms with E-state index in [-0.39, 0.29) is 24.6 Å². The molecule has 9 nitrogen and oxygen atoms in total. The summed E-state index contributed by atoms with van der Waals surface area (Å²) in [6.45, 7) is 3.95. The Morgan fingerprint density at radius 3 is 2.47 bits per heavy atom. The van der Waals surface area contributed by atoms with Crippen LogP contribution in [0.1, 0.15) is 43.5 Å². The normalized spacial score (nSPS) is 14.9. The van der Waals surface area contributed by atoms with Crippen LogP contribution in [-0.4, -0.2) is 56.9 Å². The van der Waals surface area contributed by atoms with Crippen LogP contribution in [0, 0.1) is 11.7 Å². The highest BCUT2D eigenvalue weighted by molar-refractivity contribution is 7.89. The van der Waals surface area contributed by atoms with Gasteiger partial charge >= 0.3 is 12.0 Å². The first-order valence-electron chi connectivity index (χ1n) is 9.65. The van der Waals surface area contributed by atoms with E-state index in [4.69, 9.17) is 4.74 Å². The predicted molar refractivity (Wildman–Crippen MR) is 106 cm³/mol. The number of sulfonamides is 1. The van der Waals surface area contributed by atoms with Crippen molar-refractivity contribution in [3.8, 4) is 0 Å². The second kappa shape index (κ2) is 10.5. The molecule has 2 rings (SSSR count). The molecule has 1 aromatic rings. The first kappa shape index (κ1) is 23.7. The Hall–Kier alpha value is -2.53. The number of rotatable bonds is 7. The lowest BCUT2D eigenvalue weighted by atomic mass is 10.2. The van der Waals surface area contributed by atoms with Crippen LogP contribution in [0.5, 0.6) is 0 Å². The molecule has 166 valence electrons. The van der Waals surface area contributed by atoms with Gasteiger partial charge in [-0.25, -0.2) is 22.4 Å². The van der Waals surface area contributed by atoms with Crippen LogP contribution in [0.3, 0.4) is 0 Å². The molecular formula is C19H26FN3O6S. The molecule has 0 bridgehead atoms. The van der Waals surface area contributed by atoms with Crippen molar-refractivity contribution in [1.82, 2.24) is 14.9 Å². The molecule has 1 aromatic carbocycles. The van der Waals surface area contributed by atoms with E-state index in [1.54, 1.807) is 0 Å². The van der Waals surface area contributed by atoms with E-state index in [0.717, 1.165) is 24.6 Å². The molecule has 30 heavy (non-hydrogen) atoms. The number of benzene rings is 1. The number of nitrogens with zero attached hydrogens (tertiary/aromatic N) is 1. The monoisotopic (exact) mass is 443 g/mol. The topological polar surface area (TPSA) is 122 Å². The molecule has 0 saturated carbocycles. The third-order valence-corrected chi connectivity index (χ3v) is 6.27. The summed E-state index contributed by atoms with van der Waals surface area (Å²) < 4.78 is 45.6. The van der Waals surface area contributed by atoms with Gasteiger partial charge in [-0.2, -0.15) is 4.31 Å². The zero-order chi connectivity index (χ0) is 22.3. The van der Waals surface area contributed by atoms with Gasteiger partial charge in [0.05, 0.1) is 5.56 Å². The van der Waals surface area contributed by atoms with Crippen LogP contribution in [0.25, 0.3) is 0 Å². The van der Waals surface area contributed by atoms with Crippen molar-refractivity contribution in [2.45, 2.75) is 38.0 Å². The predicted octanol–water partition coefficient (Wildman–Crippen LogP) is 1.64. The van der Waals surface area contributed by atoms with Gasteiger partial charge in [0.2, 0.25) is 10.0 Å². The molecular weight excluding hydrogens is 417 g/mol. The van der Waals surface area contributed by atoms with Gasteiger partial charge in [0, 0.05) is 19.6 Å². The minimum Gasteiger partial charge on any atom is -0.452 e. The summed E-state index contributed by atoms with van der Waals surface area (Å²) >= 11 is 0. The average Bonchev–Trinajstić information content (AvgIpc) is 2.71. The number of amides is 3. The molecule has 1 aliphatic rings. The lowest BCUT2D eigenvalue weighted by molar-refractivity contribution is -0.123. The quantitative estimate of drug-likeness (QED) is 0.618. The van der Waals surface area contributed by atoms with E-state index >= 15 is 0 Å². The summed E-state index contributed by atoms with van der Waals surface area (Å²) in [5.74, 6) is -2.65. The Bertz CT molecular complexity index is 898. The third kappa shape index (κ3) is 6.49. The standard InChI is InChI=1S/C19H26FN3O6S/c1-13(2)11-21-19(26)22-17(24)12-29-18(25)14-6-7-15(20)16(10-14)30(27,28)23-8-4-3-5-9-23/h6-7,10,13H,3-5,8-9,11-12H2,1-2H3,(H2,21,22,24,26). The van der Waals surface area contributed by atoms with Crippen LogP contribution in [-0.2, 0) is 19.6 Å². The van der Waals surface area contributed by atoms with Crippen LogP contribution >= 0.6 is 0 Å². The van der Waals surface area contributed by atoms with Crippen molar-refractivity contribution >= 4 is 27.9 Å². The van der Waals surface area contributed by atoms with E-state index in [0.29, 0.717) is 19.4 Å². The van der Waals surface area contributed by atoms with Gasteiger partial charge in [0.1, 0.15) is 10.7 Å². The van der Waals surface area contributed by atoms with Crippen molar-refractivity contribution in [2.24, 2.45) is 5.92 Å². The van der Waals surface area contributed by atoms with Gasteiger partial charge < -0.3 is 10.1 Å². The average molecular weight is 443 g/mol. The first-order valence-corrected chi connectivity index (χ1v) is 11.1. The molecule has 0 unspecified atom stereocenters. The molecule has 1 saturated heterocycles. The Balaban J connectivity index is 2.00. The SMILES string of the molecule is CC(C)CNC(=O)NC(=O)COC(=O)c1ccc(F)c(S(=O)(=O)N2CCCCC2)c1. The van der Waals surface area contributed by atoms with Gasteiger partial charge in [-0.3, -0.25) is 10.1 Å². The molecule has 0 spiro atoms. The maximum absolute atomic E-state index is 14.2. The van der Waals surface area contributed by atoms with Crippen molar-refractivity contribution in [1.29, 1.82) is 0 Å². The van der Waals surface area contributed by atoms with Crippen molar-refractivity contribution in [3.05, 3.63) is 29.6 Å². The smallest absolute Gasteiger partial charge is 0.338 e. The number of imide groups is 1. The number of carbonyl (C=O) groups excluding carboxylic acids is 3. The van der Waals surface area contributed by atoms with E-state index in [1.165, 1.54) is 4.31 Å². The molecule has 1 heterocycles. The fourth-order valence-electron chi connectivity index (χ4n) is 2.79. The molecule has 0 atom stereocenters. The van der Waals surface area contributed by atoms with Gasteiger partial charge in [-0.15, -0.1) is 0 Å². The Kier molecular flexibility index (Phi) is 8.30. The third-order valence-electron chi connectivity index (χ3n) is 4.36. The number of piperidine rings is 1. The number of halogens is 1. The van der Waals surface area contributed by atoms with Crippen LogP contribution < -0.4 is 10.6 Å². The molecule has 1 aliphatic heterocycles. The number of ether oxygens (including phenoxy) is 1. The Morgan fingerprint density at radius 2 is 1.83 bits per heavy atom. The molecule has 0 radical (unpaired) electrons. The maximum Gasteiger partial charge on any atom is 0.338 e. The first-order chi connectivity index (χ1) is 14.1. The Morgan fingerprint density at radius 1 is 1.17 bits per heavy atom. The number of nitrogens with one attached hydrogen (secondary N) is 2. The number of urea groups is 1. The van der Waals surface area contributed by atoms with E-state index in [2.05, 4.69) is 5.32 Å². The zero-order valence-electron chi connectivity index (χ0n) is 16.9. The highest BCUT2D eigenvalue weighted by Gasteiger charge is 2.29. The maximum atomic E-state index is 14.2. The lowest BCUT2D eigenvalue weighted by Gasteiger charge is -2.26. The van der Waals surface area contributed by atoms with Gasteiger partial charge in [0.25, 0.3) is 5.91 Å². The molecule has 0 aromatic heterocycles. The summed E-state index contributed by atoms with van der Waals surface area (Å²) in [7, 11) is -4.09. The van der Waals surface area contributed by atoms with Crippen molar-refractivity contribution < 1.29 is 31.9 Å². The van der Waals surface area contributed by atoms with E-state index in [9.17, 15) is 27.2 Å². The molecule has 11 heteroatoms. The number of carbonyl (C=O) groups is 3. The fraction of sp³-hybridized carbons (Fsp3) is 0.526. The van der Waals surface area contributed by atoms with E-state index < -0.39 is 45.3 Å². The van der Waals surface area contributed by atoms with Crippen molar-refractivity contribution in [3.63, 3.8) is 0 Å². The van der Waals surface area contributed by atoms with E-state index in [1.807, 2.05) is 19.2 Å². The fourth-order valence-corrected chi connectivity index (χ4v) is 4.40. The molecule has 3 amide bonds. The zero-order valence-corrected chi connectivity index (χ0v) is 17.8. The number of hydrogen-bond acceptors (Lipinski definition) is 6. The van der Waals surface area contributed by atoms with Gasteiger partial charge in [-0.05, 0) is 37.0 Å². The molecule has 0 aliphatic carbocycles. The van der Waals surface area contributed by atoms with Gasteiger partial charge in [-0.1, -0.05) is 20.3 Å². The van der Waals surface area contributed by atoms with Crippen LogP contribution in [0.2, 0.25) is 0 Å². The highest BCUT2D eigenvalue weighted by atomic mass is 32.2. The number of esters is 1. The highest BCUT2D eigenvalue weighted by Crippen LogP contribution is 2.24. The Labute approximate surface area is 175 Å².